The predicted molar refractivity (Wildman–Crippen MR) is 158 cm³/mol. The van der Waals surface area contributed by atoms with Crippen LogP contribution in [0.4, 0.5) is 5.95 Å². The fraction of sp³-hybridized carbons (Fsp3) is 0.414. The lowest BCUT2D eigenvalue weighted by atomic mass is 9.92. The number of aromatic nitrogens is 6. The molecule has 42 heavy (non-hydrogen) atoms. The summed E-state index contributed by atoms with van der Waals surface area (Å²) in [7, 11) is -0.584. The lowest BCUT2D eigenvalue weighted by molar-refractivity contribution is 0.0760. The molecule has 222 valence electrons. The predicted octanol–water partition coefficient (Wildman–Crippen LogP) is 3.62. The second-order valence-electron chi connectivity index (χ2n) is 11.7. The minimum atomic E-state index is -3.99. The Labute approximate surface area is 245 Å². The molecule has 1 saturated heterocycles. The van der Waals surface area contributed by atoms with Crippen LogP contribution in [0.3, 0.4) is 0 Å². The van der Waals surface area contributed by atoms with E-state index in [1.54, 1.807) is 29.7 Å². The molecule has 1 aliphatic rings. The average molecular weight is 593 g/mol. The van der Waals surface area contributed by atoms with Crippen molar-refractivity contribution in [1.29, 1.82) is 0 Å². The molecule has 12 nitrogen and oxygen atoms in total. The van der Waals surface area contributed by atoms with E-state index in [2.05, 4.69) is 45.7 Å². The van der Waals surface area contributed by atoms with Crippen LogP contribution < -0.4 is 9.46 Å². The maximum atomic E-state index is 13.4. The minimum absolute atomic E-state index is 0.0109. The fourth-order valence-electron chi connectivity index (χ4n) is 4.97. The smallest absolute Gasteiger partial charge is 0.272 e. The van der Waals surface area contributed by atoms with Gasteiger partial charge in [0.15, 0.2) is 0 Å². The summed E-state index contributed by atoms with van der Waals surface area (Å²) in [6.07, 6.45) is 2.90. The molecular weight excluding hydrogens is 556 g/mol. The molecule has 0 saturated carbocycles. The number of sulfonamides is 1. The third-order valence-electron chi connectivity index (χ3n) is 7.24. The summed E-state index contributed by atoms with van der Waals surface area (Å²) in [6.45, 7) is 11.0. The Balaban J connectivity index is 1.41. The summed E-state index contributed by atoms with van der Waals surface area (Å²) in [4.78, 5) is 24.1. The lowest BCUT2D eigenvalue weighted by Gasteiger charge is -2.18. The first-order chi connectivity index (χ1) is 19.7. The molecule has 0 bridgehead atoms. The SMILES string of the molecule is Cc1cccc(C)c1-c1cc(OC2CCN(C(=O)c3cc(C(C)(C)C)nn3C)C2)nc(NS(=O)(=O)c2cnn(C)c2)n1. The van der Waals surface area contributed by atoms with Crippen LogP contribution in [0.2, 0.25) is 0 Å². The van der Waals surface area contributed by atoms with E-state index >= 15 is 0 Å². The van der Waals surface area contributed by atoms with Crippen molar-refractivity contribution in [3.63, 3.8) is 0 Å². The van der Waals surface area contributed by atoms with Crippen molar-refractivity contribution in [3.8, 4) is 17.1 Å². The number of anilines is 1. The Kier molecular flexibility index (Phi) is 7.56. The van der Waals surface area contributed by atoms with Crippen molar-refractivity contribution in [1.82, 2.24) is 34.4 Å². The Bertz CT molecular complexity index is 1730. The van der Waals surface area contributed by atoms with Crippen molar-refractivity contribution < 1.29 is 17.9 Å². The molecule has 5 rings (SSSR count). The Morgan fingerprint density at radius 1 is 1.10 bits per heavy atom. The van der Waals surface area contributed by atoms with Crippen LogP contribution >= 0.6 is 0 Å². The van der Waals surface area contributed by atoms with Crippen molar-refractivity contribution in [3.05, 3.63) is 65.2 Å². The van der Waals surface area contributed by atoms with E-state index < -0.39 is 10.0 Å². The number of hydrogen-bond acceptors (Lipinski definition) is 8. The number of likely N-dealkylation sites (tertiary alicyclic amines) is 1. The van der Waals surface area contributed by atoms with Crippen LogP contribution in [0.1, 0.15) is 54.5 Å². The summed E-state index contributed by atoms with van der Waals surface area (Å²) in [5.74, 6) is -0.0265. The third kappa shape index (κ3) is 6.01. The Morgan fingerprint density at radius 2 is 1.81 bits per heavy atom. The van der Waals surface area contributed by atoms with Crippen LogP contribution in [-0.2, 0) is 29.5 Å². The second-order valence-corrected chi connectivity index (χ2v) is 13.4. The van der Waals surface area contributed by atoms with Gasteiger partial charge in [0.2, 0.25) is 11.8 Å². The molecule has 1 fully saturated rings. The molecule has 4 aromatic rings. The van der Waals surface area contributed by atoms with Crippen molar-refractivity contribution in [2.45, 2.75) is 57.5 Å². The van der Waals surface area contributed by atoms with Crippen molar-refractivity contribution in [2.75, 3.05) is 17.8 Å². The van der Waals surface area contributed by atoms with Crippen molar-refractivity contribution in [2.24, 2.45) is 14.1 Å². The first kappa shape index (κ1) is 29.2. The van der Waals surface area contributed by atoms with Gasteiger partial charge in [-0.3, -0.25) is 14.2 Å². The second kappa shape index (κ2) is 10.9. The van der Waals surface area contributed by atoms with Crippen LogP contribution in [0.25, 0.3) is 11.3 Å². The van der Waals surface area contributed by atoms with Gasteiger partial charge in [-0.05, 0) is 31.0 Å². The number of aryl methyl sites for hydroxylation is 4. The Morgan fingerprint density at radius 3 is 2.43 bits per heavy atom. The van der Waals surface area contributed by atoms with Gasteiger partial charge >= 0.3 is 0 Å². The van der Waals surface area contributed by atoms with Crippen LogP contribution in [0.5, 0.6) is 5.88 Å². The van der Waals surface area contributed by atoms with Gasteiger partial charge in [0, 0.05) is 50.3 Å². The molecule has 3 aromatic heterocycles. The van der Waals surface area contributed by atoms with E-state index in [0.717, 1.165) is 22.4 Å². The summed E-state index contributed by atoms with van der Waals surface area (Å²) in [5, 5.41) is 8.49. The molecule has 1 unspecified atom stereocenters. The van der Waals surface area contributed by atoms with E-state index in [1.807, 2.05) is 38.1 Å². The summed E-state index contributed by atoms with van der Waals surface area (Å²) < 4.78 is 37.9. The molecule has 4 heterocycles. The van der Waals surface area contributed by atoms with Gasteiger partial charge < -0.3 is 9.64 Å². The normalized spacial score (nSPS) is 15.7. The number of nitrogens with zero attached hydrogens (tertiary/aromatic N) is 7. The molecule has 1 aromatic carbocycles. The maximum absolute atomic E-state index is 13.4. The molecular formula is C29H36N8O4S. The number of nitrogens with one attached hydrogen (secondary N) is 1. The van der Waals surface area contributed by atoms with Gasteiger partial charge in [-0.1, -0.05) is 39.0 Å². The first-order valence-electron chi connectivity index (χ1n) is 13.7. The number of amides is 1. The van der Waals surface area contributed by atoms with Gasteiger partial charge in [0.1, 0.15) is 16.7 Å². The number of carbonyl (C=O) groups is 1. The maximum Gasteiger partial charge on any atom is 0.272 e. The van der Waals surface area contributed by atoms with Gasteiger partial charge in [-0.15, -0.1) is 0 Å². The number of hydrogen-bond donors (Lipinski definition) is 1. The molecule has 1 amide bonds. The van der Waals surface area contributed by atoms with Crippen molar-refractivity contribution >= 4 is 21.9 Å². The molecule has 0 aliphatic carbocycles. The van der Waals surface area contributed by atoms with E-state index in [4.69, 9.17) is 4.74 Å². The lowest BCUT2D eigenvalue weighted by Crippen LogP contribution is -2.32. The van der Waals surface area contributed by atoms with E-state index in [0.29, 0.717) is 30.9 Å². The molecule has 1 aliphatic heterocycles. The number of carbonyl (C=O) groups excluding carboxylic acids is 1. The molecule has 13 heteroatoms. The van der Waals surface area contributed by atoms with Gasteiger partial charge in [-0.25, -0.2) is 18.1 Å². The highest BCUT2D eigenvalue weighted by Gasteiger charge is 2.32. The Hall–Kier alpha value is -4.26. The summed E-state index contributed by atoms with van der Waals surface area (Å²) >= 11 is 0. The van der Waals surface area contributed by atoms with Crippen LogP contribution in [0.15, 0.2) is 47.6 Å². The third-order valence-corrected chi connectivity index (χ3v) is 8.53. The highest BCUT2D eigenvalue weighted by atomic mass is 32.2. The highest BCUT2D eigenvalue weighted by Crippen LogP contribution is 2.30. The van der Waals surface area contributed by atoms with Crippen LogP contribution in [-0.4, -0.2) is 67.9 Å². The number of rotatable bonds is 7. The van der Waals surface area contributed by atoms with E-state index in [1.165, 1.54) is 17.1 Å². The minimum Gasteiger partial charge on any atom is -0.472 e. The summed E-state index contributed by atoms with van der Waals surface area (Å²) in [5.41, 5.74) is 4.53. The standard InChI is InChI=1S/C29H36N8O4S/c1-18-9-8-10-19(2)26(18)22-13-25(32-28(31-22)34-42(39,40)21-15-30-35(6)17-21)41-20-11-12-37(16-20)27(38)23-14-24(29(3,4)5)33-36(23)7/h8-10,13-15,17,20H,11-12,16H2,1-7H3,(H,31,32,34). The quantitative estimate of drug-likeness (QED) is 0.344. The highest BCUT2D eigenvalue weighted by molar-refractivity contribution is 7.92. The van der Waals surface area contributed by atoms with E-state index in [-0.39, 0.29) is 34.1 Å². The monoisotopic (exact) mass is 592 g/mol. The number of benzene rings is 1. The average Bonchev–Trinajstić information content (AvgIpc) is 3.63. The zero-order valence-electron chi connectivity index (χ0n) is 24.9. The van der Waals surface area contributed by atoms with Gasteiger partial charge in [0.05, 0.1) is 24.1 Å². The zero-order valence-corrected chi connectivity index (χ0v) is 25.7. The largest absolute Gasteiger partial charge is 0.472 e. The fourth-order valence-corrected chi connectivity index (χ4v) is 5.90. The molecule has 0 radical (unpaired) electrons. The zero-order chi connectivity index (χ0) is 30.4. The van der Waals surface area contributed by atoms with Gasteiger partial charge in [-0.2, -0.15) is 15.2 Å². The molecule has 1 atom stereocenters. The first-order valence-corrected chi connectivity index (χ1v) is 15.2. The van der Waals surface area contributed by atoms with Crippen LogP contribution in [0, 0.1) is 13.8 Å². The van der Waals surface area contributed by atoms with E-state index in [9.17, 15) is 13.2 Å². The molecule has 0 spiro atoms. The topological polar surface area (TPSA) is 137 Å². The number of ether oxygens (including phenoxy) is 1. The van der Waals surface area contributed by atoms with Gasteiger partial charge in [0.25, 0.3) is 15.9 Å². The summed E-state index contributed by atoms with van der Waals surface area (Å²) in [6, 6.07) is 9.44. The molecule has 1 N–H and O–H groups in total.